The molecule has 0 aliphatic rings. The van der Waals surface area contributed by atoms with Crippen molar-refractivity contribution in [3.63, 3.8) is 0 Å². The highest BCUT2D eigenvalue weighted by atomic mass is 16.6. The quantitative estimate of drug-likeness (QED) is 0.402. The third-order valence-corrected chi connectivity index (χ3v) is 4.48. The number of hydrogen-bond acceptors (Lipinski definition) is 5. The molecule has 3 aromatic carbocycles. The normalized spacial score (nSPS) is 11.4. The van der Waals surface area contributed by atoms with Crippen LogP contribution in [0.5, 0.6) is 5.75 Å². The van der Waals surface area contributed by atoms with E-state index >= 15 is 0 Å². The molecule has 7 heteroatoms. The van der Waals surface area contributed by atoms with E-state index in [0.29, 0.717) is 6.61 Å². The number of hydrogen-bond donors (Lipinski definition) is 2. The van der Waals surface area contributed by atoms with E-state index in [4.69, 9.17) is 4.74 Å². The van der Waals surface area contributed by atoms with Crippen molar-refractivity contribution >= 4 is 23.0 Å². The highest BCUT2D eigenvalue weighted by Crippen LogP contribution is 2.28. The summed E-state index contributed by atoms with van der Waals surface area (Å²) in [4.78, 5) is 24.0. The molecule has 154 valence electrons. The SMILES string of the molecule is CCOc1ccc(N[C@H](C(=O)Nc2ccc(C)cc2[N+](=O)[O-])c2ccccc2)cc1. The fraction of sp³-hybridized carbons (Fsp3) is 0.174. The van der Waals surface area contributed by atoms with Gasteiger partial charge in [-0.25, -0.2) is 0 Å². The van der Waals surface area contributed by atoms with Crippen LogP contribution in [-0.2, 0) is 4.79 Å². The van der Waals surface area contributed by atoms with Gasteiger partial charge >= 0.3 is 0 Å². The average Bonchev–Trinajstić information content (AvgIpc) is 2.75. The van der Waals surface area contributed by atoms with Crippen LogP contribution in [-0.4, -0.2) is 17.4 Å². The molecule has 0 saturated carbocycles. The van der Waals surface area contributed by atoms with E-state index in [1.807, 2.05) is 61.5 Å². The molecule has 1 amide bonds. The molecular formula is C23H23N3O4. The lowest BCUT2D eigenvalue weighted by molar-refractivity contribution is -0.384. The second-order valence-electron chi connectivity index (χ2n) is 6.71. The van der Waals surface area contributed by atoms with Gasteiger partial charge in [-0.15, -0.1) is 0 Å². The molecule has 0 spiro atoms. The summed E-state index contributed by atoms with van der Waals surface area (Å²) >= 11 is 0. The maximum Gasteiger partial charge on any atom is 0.293 e. The van der Waals surface area contributed by atoms with Gasteiger partial charge in [-0.3, -0.25) is 14.9 Å². The zero-order valence-corrected chi connectivity index (χ0v) is 16.8. The number of nitrogens with zero attached hydrogens (tertiary/aromatic N) is 1. The van der Waals surface area contributed by atoms with E-state index in [9.17, 15) is 14.9 Å². The van der Waals surface area contributed by atoms with Crippen LogP contribution in [0.1, 0.15) is 24.1 Å². The van der Waals surface area contributed by atoms with Crippen molar-refractivity contribution in [1.29, 1.82) is 0 Å². The minimum absolute atomic E-state index is 0.142. The Morgan fingerprint density at radius 1 is 1.07 bits per heavy atom. The van der Waals surface area contributed by atoms with Gasteiger partial charge in [0, 0.05) is 11.8 Å². The molecule has 0 unspecified atom stereocenters. The molecule has 0 bridgehead atoms. The van der Waals surface area contributed by atoms with E-state index in [1.165, 1.54) is 6.07 Å². The summed E-state index contributed by atoms with van der Waals surface area (Å²) in [5, 5.41) is 17.3. The van der Waals surface area contributed by atoms with Crippen molar-refractivity contribution in [1.82, 2.24) is 0 Å². The summed E-state index contributed by atoms with van der Waals surface area (Å²) in [5.41, 5.74) is 2.22. The summed E-state index contributed by atoms with van der Waals surface area (Å²) in [6, 6.07) is 20.4. The highest BCUT2D eigenvalue weighted by Gasteiger charge is 2.24. The summed E-state index contributed by atoms with van der Waals surface area (Å²) in [7, 11) is 0. The Kier molecular flexibility index (Phi) is 6.64. The Balaban J connectivity index is 1.87. The zero-order valence-electron chi connectivity index (χ0n) is 16.8. The van der Waals surface area contributed by atoms with Gasteiger partial charge in [0.05, 0.1) is 11.5 Å². The molecule has 0 heterocycles. The first kappa shape index (κ1) is 20.9. The van der Waals surface area contributed by atoms with Crippen LogP contribution in [0.2, 0.25) is 0 Å². The number of nitro groups is 1. The van der Waals surface area contributed by atoms with Crippen LogP contribution in [0.4, 0.5) is 17.1 Å². The van der Waals surface area contributed by atoms with Crippen molar-refractivity contribution in [2.75, 3.05) is 17.2 Å². The number of rotatable bonds is 8. The maximum atomic E-state index is 13.1. The Labute approximate surface area is 174 Å². The Morgan fingerprint density at radius 3 is 2.40 bits per heavy atom. The van der Waals surface area contributed by atoms with Crippen molar-refractivity contribution in [3.8, 4) is 5.75 Å². The van der Waals surface area contributed by atoms with Crippen molar-refractivity contribution in [2.45, 2.75) is 19.9 Å². The molecule has 0 aliphatic carbocycles. The predicted molar refractivity (Wildman–Crippen MR) is 117 cm³/mol. The van der Waals surface area contributed by atoms with Gasteiger partial charge in [0.1, 0.15) is 17.5 Å². The van der Waals surface area contributed by atoms with Gasteiger partial charge in [-0.2, -0.15) is 0 Å². The monoisotopic (exact) mass is 405 g/mol. The Bertz CT molecular complexity index is 1020. The molecule has 0 saturated heterocycles. The third kappa shape index (κ3) is 5.14. The number of ether oxygens (including phenoxy) is 1. The van der Waals surface area contributed by atoms with Crippen LogP contribution in [0.15, 0.2) is 72.8 Å². The number of benzene rings is 3. The first-order valence-electron chi connectivity index (χ1n) is 9.58. The molecule has 3 aromatic rings. The summed E-state index contributed by atoms with van der Waals surface area (Å²) < 4.78 is 5.45. The molecule has 7 nitrogen and oxygen atoms in total. The van der Waals surface area contributed by atoms with Gasteiger partial charge in [-0.1, -0.05) is 36.4 Å². The van der Waals surface area contributed by atoms with Gasteiger partial charge in [0.15, 0.2) is 0 Å². The minimum Gasteiger partial charge on any atom is -0.494 e. The molecule has 30 heavy (non-hydrogen) atoms. The third-order valence-electron chi connectivity index (χ3n) is 4.48. The second kappa shape index (κ2) is 9.56. The first-order chi connectivity index (χ1) is 14.5. The summed E-state index contributed by atoms with van der Waals surface area (Å²) in [6.07, 6.45) is 0. The van der Waals surface area contributed by atoms with Crippen molar-refractivity contribution < 1.29 is 14.5 Å². The molecule has 1 atom stereocenters. The lowest BCUT2D eigenvalue weighted by Gasteiger charge is -2.20. The van der Waals surface area contributed by atoms with Crippen LogP contribution in [0.3, 0.4) is 0 Å². The first-order valence-corrected chi connectivity index (χ1v) is 9.58. The second-order valence-corrected chi connectivity index (χ2v) is 6.71. The number of aryl methyl sites for hydroxylation is 1. The van der Waals surface area contributed by atoms with Gasteiger partial charge in [0.2, 0.25) is 0 Å². The zero-order chi connectivity index (χ0) is 21.5. The molecule has 0 aliphatic heterocycles. The Morgan fingerprint density at radius 2 is 1.77 bits per heavy atom. The topological polar surface area (TPSA) is 93.5 Å². The van der Waals surface area contributed by atoms with E-state index in [0.717, 1.165) is 22.6 Å². The van der Waals surface area contributed by atoms with E-state index in [1.54, 1.807) is 19.1 Å². The fourth-order valence-corrected chi connectivity index (χ4v) is 3.03. The summed E-state index contributed by atoms with van der Waals surface area (Å²) in [6.45, 7) is 4.24. The molecule has 3 rings (SSSR count). The maximum absolute atomic E-state index is 13.1. The lowest BCUT2D eigenvalue weighted by Crippen LogP contribution is -2.27. The number of nitro benzene ring substituents is 1. The lowest BCUT2D eigenvalue weighted by atomic mass is 10.1. The van der Waals surface area contributed by atoms with Gasteiger partial charge in [-0.05, 0) is 55.3 Å². The van der Waals surface area contributed by atoms with E-state index < -0.39 is 16.9 Å². The number of anilines is 2. The van der Waals surface area contributed by atoms with Crippen molar-refractivity contribution in [3.05, 3.63) is 94.0 Å². The number of carbonyl (C=O) groups excluding carboxylic acids is 1. The van der Waals surface area contributed by atoms with E-state index in [-0.39, 0.29) is 11.4 Å². The minimum atomic E-state index is -0.745. The fourth-order valence-electron chi connectivity index (χ4n) is 3.03. The number of amides is 1. The van der Waals surface area contributed by atoms with Crippen LogP contribution >= 0.6 is 0 Å². The standard InChI is InChI=1S/C23H23N3O4/c1-3-30-19-12-10-18(11-13-19)24-22(17-7-5-4-6-8-17)23(27)25-20-14-9-16(2)15-21(20)26(28)29/h4-15,22,24H,3H2,1-2H3,(H,25,27)/t22-/m0/s1. The molecule has 0 radical (unpaired) electrons. The van der Waals surface area contributed by atoms with Crippen LogP contribution < -0.4 is 15.4 Å². The van der Waals surface area contributed by atoms with Gasteiger partial charge in [0.25, 0.3) is 11.6 Å². The number of carbonyl (C=O) groups is 1. The summed E-state index contributed by atoms with van der Waals surface area (Å²) in [5.74, 6) is 0.334. The molecule has 0 fully saturated rings. The van der Waals surface area contributed by atoms with Crippen molar-refractivity contribution in [2.24, 2.45) is 0 Å². The van der Waals surface area contributed by atoms with E-state index in [2.05, 4.69) is 10.6 Å². The van der Waals surface area contributed by atoms with Crippen LogP contribution in [0.25, 0.3) is 0 Å². The average molecular weight is 405 g/mol. The smallest absolute Gasteiger partial charge is 0.293 e. The Hall–Kier alpha value is -3.87. The van der Waals surface area contributed by atoms with Crippen LogP contribution in [0, 0.1) is 17.0 Å². The number of nitrogens with one attached hydrogen (secondary N) is 2. The largest absolute Gasteiger partial charge is 0.494 e. The predicted octanol–water partition coefficient (Wildman–Crippen LogP) is 5.09. The molecular weight excluding hydrogens is 382 g/mol. The molecule has 0 aromatic heterocycles. The molecule has 2 N–H and O–H groups in total. The highest BCUT2D eigenvalue weighted by molar-refractivity contribution is 5.99. The van der Waals surface area contributed by atoms with Gasteiger partial charge < -0.3 is 15.4 Å².